The molecule has 1 heterocycles. The largest absolute Gasteiger partial charge is 0.497 e. The van der Waals surface area contributed by atoms with E-state index < -0.39 is 9.84 Å². The zero-order valence-electron chi connectivity index (χ0n) is 14.7. The maximum atomic E-state index is 12.3. The number of hydrogen-bond acceptors (Lipinski definition) is 5. The van der Waals surface area contributed by atoms with Crippen molar-refractivity contribution in [2.45, 2.75) is 38.1 Å². The highest BCUT2D eigenvalue weighted by molar-refractivity contribution is 7.91. The number of ether oxygens (including phenoxy) is 1. The van der Waals surface area contributed by atoms with Gasteiger partial charge < -0.3 is 9.64 Å². The summed E-state index contributed by atoms with van der Waals surface area (Å²) < 4.78 is 28.0. The van der Waals surface area contributed by atoms with Crippen LogP contribution in [0.3, 0.4) is 0 Å². The summed E-state index contributed by atoms with van der Waals surface area (Å²) in [5, 5.41) is 0. The van der Waals surface area contributed by atoms with Gasteiger partial charge in [0.1, 0.15) is 21.4 Å². The van der Waals surface area contributed by atoms with Crippen LogP contribution >= 0.6 is 0 Å². The van der Waals surface area contributed by atoms with E-state index in [1.165, 1.54) is 0 Å². The molecule has 1 aliphatic rings. The normalized spacial score (nSPS) is 17.0. The smallest absolute Gasteiger partial charge is 0.223 e. The summed E-state index contributed by atoms with van der Waals surface area (Å²) in [5.74, 6) is 0.908. The van der Waals surface area contributed by atoms with E-state index in [4.69, 9.17) is 4.74 Å². The number of rotatable bonds is 7. The van der Waals surface area contributed by atoms with E-state index >= 15 is 0 Å². The SMILES string of the molecule is COc1ccc(CC(=O)CCC(=O)N(C)C2CCS(=O)(=O)CC2)cc1. The van der Waals surface area contributed by atoms with Crippen molar-refractivity contribution in [1.82, 2.24) is 4.90 Å². The summed E-state index contributed by atoms with van der Waals surface area (Å²) in [5.41, 5.74) is 0.893. The molecule has 6 nitrogen and oxygen atoms in total. The second-order valence-corrected chi connectivity index (χ2v) is 8.75. The average molecular weight is 367 g/mol. The zero-order valence-corrected chi connectivity index (χ0v) is 15.5. The molecule has 1 saturated heterocycles. The van der Waals surface area contributed by atoms with Gasteiger partial charge in [0.25, 0.3) is 0 Å². The van der Waals surface area contributed by atoms with Crippen molar-refractivity contribution in [2.75, 3.05) is 25.7 Å². The van der Waals surface area contributed by atoms with Crippen LogP contribution in [0.15, 0.2) is 24.3 Å². The topological polar surface area (TPSA) is 80.8 Å². The first kappa shape index (κ1) is 19.4. The lowest BCUT2D eigenvalue weighted by molar-refractivity contribution is -0.134. The summed E-state index contributed by atoms with van der Waals surface area (Å²) in [6.45, 7) is 0. The number of amides is 1. The second-order valence-electron chi connectivity index (χ2n) is 6.45. The summed E-state index contributed by atoms with van der Waals surface area (Å²) in [6.07, 6.45) is 1.60. The van der Waals surface area contributed by atoms with Gasteiger partial charge in [-0.05, 0) is 30.5 Å². The van der Waals surface area contributed by atoms with Gasteiger partial charge in [-0.1, -0.05) is 12.1 Å². The molecule has 1 aromatic carbocycles. The van der Waals surface area contributed by atoms with Gasteiger partial charge in [-0.2, -0.15) is 0 Å². The van der Waals surface area contributed by atoms with Crippen molar-refractivity contribution in [1.29, 1.82) is 0 Å². The fourth-order valence-corrected chi connectivity index (χ4v) is 4.42. The van der Waals surface area contributed by atoms with E-state index in [0.717, 1.165) is 11.3 Å². The number of carbonyl (C=O) groups is 2. The lowest BCUT2D eigenvalue weighted by Crippen LogP contribution is -2.42. The first-order valence-corrected chi connectivity index (χ1v) is 10.2. The Morgan fingerprint density at radius 2 is 1.72 bits per heavy atom. The number of carbonyl (C=O) groups excluding carboxylic acids is 2. The Hall–Kier alpha value is -1.89. The highest BCUT2D eigenvalue weighted by atomic mass is 32.2. The van der Waals surface area contributed by atoms with Crippen LogP contribution < -0.4 is 4.74 Å². The molecule has 0 radical (unpaired) electrons. The van der Waals surface area contributed by atoms with E-state index in [1.54, 1.807) is 31.2 Å². The Labute approximate surface area is 149 Å². The van der Waals surface area contributed by atoms with Crippen LogP contribution in [0.4, 0.5) is 0 Å². The third kappa shape index (κ3) is 5.85. The second kappa shape index (κ2) is 8.47. The zero-order chi connectivity index (χ0) is 18.4. The molecule has 0 aromatic heterocycles. The predicted octanol–water partition coefficient (Wildman–Crippen LogP) is 1.62. The molecular formula is C18H25NO5S. The van der Waals surface area contributed by atoms with E-state index in [1.807, 2.05) is 12.1 Å². The summed E-state index contributed by atoms with van der Waals surface area (Å²) in [6, 6.07) is 7.24. The minimum atomic E-state index is -2.94. The van der Waals surface area contributed by atoms with E-state index in [2.05, 4.69) is 0 Å². The van der Waals surface area contributed by atoms with Crippen LogP contribution in [0.2, 0.25) is 0 Å². The summed E-state index contributed by atoms with van der Waals surface area (Å²) in [7, 11) is 0.339. The first-order valence-electron chi connectivity index (χ1n) is 8.41. The van der Waals surface area contributed by atoms with Crippen LogP contribution in [0.25, 0.3) is 0 Å². The molecule has 0 aliphatic carbocycles. The van der Waals surface area contributed by atoms with Gasteiger partial charge in [0.05, 0.1) is 18.6 Å². The summed E-state index contributed by atoms with van der Waals surface area (Å²) >= 11 is 0. The average Bonchev–Trinajstić information content (AvgIpc) is 2.59. The number of sulfone groups is 1. The third-order valence-corrected chi connectivity index (χ3v) is 6.36. The first-order chi connectivity index (χ1) is 11.8. The van der Waals surface area contributed by atoms with Crippen molar-refractivity contribution >= 4 is 21.5 Å². The van der Waals surface area contributed by atoms with Crippen molar-refractivity contribution in [2.24, 2.45) is 0 Å². The molecule has 0 atom stereocenters. The molecule has 0 bridgehead atoms. The maximum absolute atomic E-state index is 12.3. The molecule has 25 heavy (non-hydrogen) atoms. The Morgan fingerprint density at radius 3 is 2.28 bits per heavy atom. The molecule has 0 N–H and O–H groups in total. The van der Waals surface area contributed by atoms with Gasteiger partial charge in [-0.15, -0.1) is 0 Å². The maximum Gasteiger partial charge on any atom is 0.223 e. The van der Waals surface area contributed by atoms with Crippen molar-refractivity contribution in [3.63, 3.8) is 0 Å². The van der Waals surface area contributed by atoms with Crippen LogP contribution in [-0.2, 0) is 25.8 Å². The predicted molar refractivity (Wildman–Crippen MR) is 95.4 cm³/mol. The lowest BCUT2D eigenvalue weighted by atomic mass is 10.0. The number of methoxy groups -OCH3 is 1. The monoisotopic (exact) mass is 367 g/mol. The number of benzene rings is 1. The lowest BCUT2D eigenvalue weighted by Gasteiger charge is -2.31. The van der Waals surface area contributed by atoms with Gasteiger partial charge in [0.2, 0.25) is 5.91 Å². The molecule has 7 heteroatoms. The third-order valence-electron chi connectivity index (χ3n) is 4.64. The van der Waals surface area contributed by atoms with Crippen LogP contribution in [0.5, 0.6) is 5.75 Å². The number of Topliss-reactive ketones (excluding diaryl/α,β-unsaturated/α-hetero) is 1. The number of ketones is 1. The molecule has 1 aliphatic heterocycles. The molecule has 1 fully saturated rings. The fraction of sp³-hybridized carbons (Fsp3) is 0.556. The van der Waals surface area contributed by atoms with Gasteiger partial charge in [0.15, 0.2) is 0 Å². The summed E-state index contributed by atoms with van der Waals surface area (Å²) in [4.78, 5) is 25.9. The highest BCUT2D eigenvalue weighted by Crippen LogP contribution is 2.18. The molecule has 1 aromatic rings. The number of hydrogen-bond donors (Lipinski definition) is 0. The molecule has 138 valence electrons. The Morgan fingerprint density at radius 1 is 1.12 bits per heavy atom. The highest BCUT2D eigenvalue weighted by Gasteiger charge is 2.28. The van der Waals surface area contributed by atoms with Gasteiger partial charge in [-0.3, -0.25) is 9.59 Å². The van der Waals surface area contributed by atoms with Crippen LogP contribution in [0, 0.1) is 0 Å². The fourth-order valence-electron chi connectivity index (χ4n) is 2.95. The molecule has 1 amide bonds. The van der Waals surface area contributed by atoms with Gasteiger partial charge in [0, 0.05) is 32.4 Å². The Balaban J connectivity index is 1.77. The molecule has 0 unspecified atom stereocenters. The minimum Gasteiger partial charge on any atom is -0.497 e. The number of nitrogens with zero attached hydrogens (tertiary/aromatic N) is 1. The van der Waals surface area contributed by atoms with Crippen molar-refractivity contribution in [3.05, 3.63) is 29.8 Å². The quantitative estimate of drug-likeness (QED) is 0.732. The van der Waals surface area contributed by atoms with Gasteiger partial charge >= 0.3 is 0 Å². The van der Waals surface area contributed by atoms with E-state index in [9.17, 15) is 18.0 Å². The molecule has 2 rings (SSSR count). The van der Waals surface area contributed by atoms with Crippen molar-refractivity contribution in [3.8, 4) is 5.75 Å². The van der Waals surface area contributed by atoms with Crippen LogP contribution in [-0.4, -0.2) is 56.7 Å². The molecular weight excluding hydrogens is 342 g/mol. The van der Waals surface area contributed by atoms with Crippen molar-refractivity contribution < 1.29 is 22.7 Å². The molecule has 0 spiro atoms. The molecule has 0 saturated carbocycles. The minimum absolute atomic E-state index is 0.0122. The van der Waals surface area contributed by atoms with E-state index in [-0.39, 0.29) is 42.1 Å². The Bertz CT molecular complexity index is 697. The Kier molecular flexibility index (Phi) is 6.58. The standard InChI is InChI=1S/C18H25NO5S/c1-19(15-9-11-25(22,23)12-10-15)18(21)8-5-16(20)13-14-3-6-17(24-2)7-4-14/h3-4,6-7,15H,5,8-13H2,1-2H3. The van der Waals surface area contributed by atoms with Gasteiger partial charge in [-0.25, -0.2) is 8.42 Å². The van der Waals surface area contributed by atoms with Crippen LogP contribution in [0.1, 0.15) is 31.2 Å². The van der Waals surface area contributed by atoms with E-state index in [0.29, 0.717) is 19.3 Å².